The van der Waals surface area contributed by atoms with Gasteiger partial charge in [0.05, 0.1) is 30.9 Å². The van der Waals surface area contributed by atoms with E-state index in [1.807, 2.05) is 0 Å². The van der Waals surface area contributed by atoms with Gasteiger partial charge in [0.1, 0.15) is 12.4 Å². The molecule has 0 aromatic heterocycles. The standard InChI is InChI=1S/C19H22N6O5/c1-22-18(26)15-17(20-19(22)27)23(2)21-16(25(15)28)13-3-5-14(6-4-13)30-12-9-24-7-10-29-11-8-24/h3-6H,7-12H2,1-2H3. The second-order valence-electron chi connectivity index (χ2n) is 7.00. The Morgan fingerprint density at radius 1 is 1.17 bits per heavy atom. The van der Waals surface area contributed by atoms with Gasteiger partial charge in [-0.15, -0.1) is 0 Å². The number of benzene rings is 1. The van der Waals surface area contributed by atoms with Crippen LogP contribution in [-0.4, -0.2) is 63.7 Å². The highest BCUT2D eigenvalue weighted by molar-refractivity contribution is 5.55. The molecule has 0 radical (unpaired) electrons. The van der Waals surface area contributed by atoms with Crippen molar-refractivity contribution in [1.29, 1.82) is 0 Å². The van der Waals surface area contributed by atoms with Crippen LogP contribution in [0.3, 0.4) is 0 Å². The summed E-state index contributed by atoms with van der Waals surface area (Å²) in [4.78, 5) is 30.3. The minimum Gasteiger partial charge on any atom is -0.710 e. The summed E-state index contributed by atoms with van der Waals surface area (Å²) in [7, 11) is 2.81. The van der Waals surface area contributed by atoms with E-state index < -0.39 is 11.2 Å². The molecule has 0 atom stereocenters. The van der Waals surface area contributed by atoms with Crippen molar-refractivity contribution in [3.05, 3.63) is 50.3 Å². The zero-order valence-corrected chi connectivity index (χ0v) is 16.8. The fraction of sp³-hybridized carbons (Fsp3) is 0.421. The van der Waals surface area contributed by atoms with Crippen molar-refractivity contribution in [3.63, 3.8) is 0 Å². The topological polar surface area (TPSA) is 118 Å². The molecule has 158 valence electrons. The van der Waals surface area contributed by atoms with Gasteiger partial charge < -0.3 is 14.7 Å². The average molecular weight is 414 g/mol. The molecule has 0 spiro atoms. The summed E-state index contributed by atoms with van der Waals surface area (Å²) >= 11 is 0. The largest absolute Gasteiger partial charge is 0.710 e. The lowest BCUT2D eigenvalue weighted by atomic mass is 10.2. The Morgan fingerprint density at radius 2 is 1.87 bits per heavy atom. The highest BCUT2D eigenvalue weighted by Crippen LogP contribution is 2.20. The molecule has 0 unspecified atom stereocenters. The van der Waals surface area contributed by atoms with Crippen LogP contribution in [0.2, 0.25) is 0 Å². The van der Waals surface area contributed by atoms with Gasteiger partial charge in [0.2, 0.25) is 11.5 Å². The van der Waals surface area contributed by atoms with Gasteiger partial charge in [-0.05, 0) is 24.3 Å². The molecule has 0 N–H and O–H groups in total. The molecule has 0 saturated carbocycles. The molecule has 3 aliphatic heterocycles. The monoisotopic (exact) mass is 414 g/mol. The fourth-order valence-corrected chi connectivity index (χ4v) is 3.29. The number of hydrogen-bond acceptors (Lipinski definition) is 8. The number of aromatic nitrogens is 5. The van der Waals surface area contributed by atoms with Gasteiger partial charge in [0, 0.05) is 26.7 Å². The third-order valence-corrected chi connectivity index (χ3v) is 5.05. The maximum Gasteiger partial charge on any atom is 0.359 e. The second-order valence-corrected chi connectivity index (χ2v) is 7.00. The molecule has 30 heavy (non-hydrogen) atoms. The van der Waals surface area contributed by atoms with Crippen molar-refractivity contribution in [1.82, 2.24) is 24.2 Å². The van der Waals surface area contributed by atoms with Crippen LogP contribution >= 0.6 is 0 Å². The Hall–Kier alpha value is -3.31. The van der Waals surface area contributed by atoms with Gasteiger partial charge in [-0.3, -0.25) is 14.3 Å². The third-order valence-electron chi connectivity index (χ3n) is 5.05. The summed E-state index contributed by atoms with van der Waals surface area (Å²) in [5.41, 5.74) is -1.19. The molecule has 4 rings (SSSR count). The molecule has 0 amide bonds. The molecule has 11 heteroatoms. The number of rotatable bonds is 5. The van der Waals surface area contributed by atoms with Crippen LogP contribution in [0, 0.1) is 5.21 Å². The van der Waals surface area contributed by atoms with Crippen LogP contribution in [0.4, 0.5) is 0 Å². The second kappa shape index (κ2) is 8.20. The number of fused-ring (bicyclic) bond motifs is 1. The van der Waals surface area contributed by atoms with Gasteiger partial charge in [0.25, 0.3) is 0 Å². The normalized spacial score (nSPS) is 14.9. The zero-order valence-electron chi connectivity index (χ0n) is 16.8. The first-order valence-electron chi connectivity index (χ1n) is 9.56. The van der Waals surface area contributed by atoms with E-state index >= 15 is 0 Å². The van der Waals surface area contributed by atoms with Crippen LogP contribution in [0.25, 0.3) is 22.9 Å². The van der Waals surface area contributed by atoms with Crippen LogP contribution in [0.1, 0.15) is 0 Å². The summed E-state index contributed by atoms with van der Waals surface area (Å²) in [5.74, 6) is 0.635. The lowest BCUT2D eigenvalue weighted by molar-refractivity contribution is -0.587. The predicted molar refractivity (Wildman–Crippen MR) is 106 cm³/mol. The summed E-state index contributed by atoms with van der Waals surface area (Å²) in [5, 5.41) is 17.0. The molecule has 11 nitrogen and oxygen atoms in total. The van der Waals surface area contributed by atoms with Crippen molar-refractivity contribution in [2.24, 2.45) is 14.1 Å². The molecule has 0 aliphatic carbocycles. The maximum atomic E-state index is 12.8. The molecule has 1 fully saturated rings. The van der Waals surface area contributed by atoms with Crippen molar-refractivity contribution < 1.29 is 14.2 Å². The van der Waals surface area contributed by atoms with Gasteiger partial charge in [0.15, 0.2) is 0 Å². The minimum atomic E-state index is -0.740. The van der Waals surface area contributed by atoms with Crippen molar-refractivity contribution >= 4 is 0 Å². The van der Waals surface area contributed by atoms with Crippen LogP contribution < -0.4 is 20.7 Å². The molecular formula is C19H22N6O5. The summed E-state index contributed by atoms with van der Waals surface area (Å²) in [6, 6.07) is 6.90. The van der Waals surface area contributed by atoms with Crippen LogP contribution in [0.15, 0.2) is 33.9 Å². The molecule has 1 aromatic carbocycles. The highest BCUT2D eigenvalue weighted by Gasteiger charge is 2.27. The summed E-state index contributed by atoms with van der Waals surface area (Å²) in [6.45, 7) is 4.65. The number of morpholine rings is 1. The summed E-state index contributed by atoms with van der Waals surface area (Å²) in [6.07, 6.45) is 0. The van der Waals surface area contributed by atoms with Crippen LogP contribution in [0.5, 0.6) is 5.75 Å². The quantitative estimate of drug-likeness (QED) is 0.385. The van der Waals surface area contributed by atoms with E-state index in [0.29, 0.717) is 22.7 Å². The van der Waals surface area contributed by atoms with E-state index in [1.165, 1.54) is 18.8 Å². The first-order valence-corrected chi connectivity index (χ1v) is 9.56. The fourth-order valence-electron chi connectivity index (χ4n) is 3.29. The van der Waals surface area contributed by atoms with E-state index in [1.54, 1.807) is 24.3 Å². The van der Waals surface area contributed by atoms with E-state index in [-0.39, 0.29) is 17.3 Å². The van der Waals surface area contributed by atoms with E-state index in [2.05, 4.69) is 15.0 Å². The SMILES string of the molecule is Cn1nc(-c2ccc(OCCN3CCOCC3)cc2)[n+]([O-])c2c(=O)n(C)c(=O)nc1-2. The molecule has 1 saturated heterocycles. The number of hydrogen-bond donors (Lipinski definition) is 0. The first-order chi connectivity index (χ1) is 14.5. The van der Waals surface area contributed by atoms with Crippen molar-refractivity contribution in [3.8, 4) is 28.7 Å². The van der Waals surface area contributed by atoms with Gasteiger partial charge in [-0.1, -0.05) is 0 Å². The maximum absolute atomic E-state index is 12.8. The molecule has 0 bridgehead atoms. The van der Waals surface area contributed by atoms with Crippen molar-refractivity contribution in [2.45, 2.75) is 0 Å². The lowest BCUT2D eigenvalue weighted by Crippen LogP contribution is -2.47. The molecule has 3 heterocycles. The zero-order chi connectivity index (χ0) is 21.3. The molecule has 3 aliphatic rings. The third kappa shape index (κ3) is 3.76. The minimum absolute atomic E-state index is 0.0300. The Bertz CT molecular complexity index is 1130. The van der Waals surface area contributed by atoms with Crippen LogP contribution in [-0.2, 0) is 18.8 Å². The van der Waals surface area contributed by atoms with Gasteiger partial charge in [-0.25, -0.2) is 9.52 Å². The smallest absolute Gasteiger partial charge is 0.359 e. The van der Waals surface area contributed by atoms with E-state index in [4.69, 9.17) is 9.47 Å². The van der Waals surface area contributed by atoms with Gasteiger partial charge >= 0.3 is 17.1 Å². The molecular weight excluding hydrogens is 392 g/mol. The lowest BCUT2D eigenvalue weighted by Gasteiger charge is -2.26. The van der Waals surface area contributed by atoms with Gasteiger partial charge in [-0.2, -0.15) is 9.67 Å². The Balaban J connectivity index is 1.57. The van der Waals surface area contributed by atoms with E-state index in [0.717, 1.165) is 37.4 Å². The Morgan fingerprint density at radius 3 is 2.57 bits per heavy atom. The van der Waals surface area contributed by atoms with E-state index in [9.17, 15) is 14.8 Å². The number of nitrogens with zero attached hydrogens (tertiary/aromatic N) is 6. The highest BCUT2D eigenvalue weighted by atomic mass is 16.5. The average Bonchev–Trinajstić information content (AvgIpc) is 2.76. The Labute approximate surface area is 171 Å². The molecule has 1 aromatic rings. The Kier molecular flexibility index (Phi) is 5.46. The predicted octanol–water partition coefficient (Wildman–Crippen LogP) is -1.01. The first kappa shape index (κ1) is 20.0. The number of aryl methyl sites for hydroxylation is 1. The number of ether oxygens (including phenoxy) is 2. The summed E-state index contributed by atoms with van der Waals surface area (Å²) < 4.78 is 13.6. The van der Waals surface area contributed by atoms with Crippen molar-refractivity contribution in [2.75, 3.05) is 39.5 Å².